The maximum Gasteiger partial charge on any atom is 0.410 e. The Morgan fingerprint density at radius 3 is 2.16 bits per heavy atom. The lowest BCUT2D eigenvalue weighted by atomic mass is 10.1. The van der Waals surface area contributed by atoms with Crippen LogP contribution in [0.25, 0.3) is 0 Å². The fourth-order valence-corrected chi connectivity index (χ4v) is 1.42. The maximum absolute atomic E-state index is 11.7. The number of carbonyl (C=O) groups is 2. The second-order valence-corrected chi connectivity index (χ2v) is 5.32. The fraction of sp³-hybridized carbons (Fsp3) is 0.429. The predicted molar refractivity (Wildman–Crippen MR) is 68.5 cm³/mol. The molecule has 0 saturated heterocycles. The molecule has 1 amide bonds. The van der Waals surface area contributed by atoms with E-state index in [0.717, 1.165) is 5.56 Å². The zero-order chi connectivity index (χ0) is 14.6. The first kappa shape index (κ1) is 15.0. The Morgan fingerprint density at radius 2 is 1.74 bits per heavy atom. The van der Waals surface area contributed by atoms with Crippen LogP contribution in [0.3, 0.4) is 0 Å². The first-order valence-electron chi connectivity index (χ1n) is 5.93. The van der Waals surface area contributed by atoms with Gasteiger partial charge in [0, 0.05) is 13.6 Å². The normalized spacial score (nSPS) is 10.9. The number of rotatable bonds is 3. The van der Waals surface area contributed by atoms with Gasteiger partial charge in [-0.05, 0) is 31.9 Å². The smallest absolute Gasteiger partial charge is 0.410 e. The number of hydrogen-bond acceptors (Lipinski definition) is 4. The highest BCUT2D eigenvalue weighted by molar-refractivity contribution is 5.85. The molecule has 0 saturated carbocycles. The number of ether oxygens (including phenoxy) is 1. The van der Waals surface area contributed by atoms with E-state index in [4.69, 9.17) is 4.74 Å². The maximum atomic E-state index is 11.7. The van der Waals surface area contributed by atoms with Gasteiger partial charge in [0.2, 0.25) is 0 Å². The molecule has 0 unspecified atom stereocenters. The standard InChI is InChI=1S/C14H19NO4/c1-14(2,3)19-13(18)15(4)9-10-5-7-11(8-6-10)12(16)17/h5-8H,9H2,1-4H3,(H,16,17)/p-1. The second kappa shape index (κ2) is 5.73. The van der Waals surface area contributed by atoms with E-state index >= 15 is 0 Å². The molecule has 0 heterocycles. The van der Waals surface area contributed by atoms with Crippen LogP contribution in [0.4, 0.5) is 4.79 Å². The van der Waals surface area contributed by atoms with Crippen LogP contribution >= 0.6 is 0 Å². The van der Waals surface area contributed by atoms with Crippen molar-refractivity contribution in [2.24, 2.45) is 0 Å². The van der Waals surface area contributed by atoms with Crippen molar-refractivity contribution < 1.29 is 19.4 Å². The summed E-state index contributed by atoms with van der Waals surface area (Å²) in [6.45, 7) is 5.75. The summed E-state index contributed by atoms with van der Waals surface area (Å²) in [5.74, 6) is -1.22. The number of amides is 1. The molecule has 0 atom stereocenters. The van der Waals surface area contributed by atoms with Crippen molar-refractivity contribution in [2.75, 3.05) is 7.05 Å². The van der Waals surface area contributed by atoms with E-state index in [0.29, 0.717) is 6.54 Å². The summed E-state index contributed by atoms with van der Waals surface area (Å²) in [7, 11) is 1.63. The first-order chi connectivity index (χ1) is 8.69. The van der Waals surface area contributed by atoms with Crippen LogP contribution in [-0.4, -0.2) is 29.6 Å². The third kappa shape index (κ3) is 4.99. The number of nitrogens with zero attached hydrogens (tertiary/aromatic N) is 1. The monoisotopic (exact) mass is 264 g/mol. The SMILES string of the molecule is CN(Cc1ccc(C(=O)[O-])cc1)C(=O)OC(C)(C)C. The van der Waals surface area contributed by atoms with Gasteiger partial charge in [-0.2, -0.15) is 0 Å². The Kier molecular flexibility index (Phi) is 4.53. The molecule has 0 aliphatic carbocycles. The second-order valence-electron chi connectivity index (χ2n) is 5.32. The molecule has 104 valence electrons. The van der Waals surface area contributed by atoms with Crippen LogP contribution in [-0.2, 0) is 11.3 Å². The Balaban J connectivity index is 2.64. The van der Waals surface area contributed by atoms with Crippen molar-refractivity contribution in [1.82, 2.24) is 4.90 Å². The van der Waals surface area contributed by atoms with Crippen LogP contribution in [0, 0.1) is 0 Å². The van der Waals surface area contributed by atoms with Crippen LogP contribution in [0.2, 0.25) is 0 Å². The minimum Gasteiger partial charge on any atom is -0.545 e. The highest BCUT2D eigenvalue weighted by Crippen LogP contribution is 2.12. The molecule has 1 rings (SSSR count). The van der Waals surface area contributed by atoms with Gasteiger partial charge in [-0.15, -0.1) is 0 Å². The molecule has 5 heteroatoms. The number of aromatic carboxylic acids is 1. The van der Waals surface area contributed by atoms with Gasteiger partial charge in [-0.3, -0.25) is 0 Å². The molecule has 0 bridgehead atoms. The van der Waals surface area contributed by atoms with Gasteiger partial charge < -0.3 is 19.5 Å². The van der Waals surface area contributed by atoms with Gasteiger partial charge in [-0.1, -0.05) is 24.3 Å². The highest BCUT2D eigenvalue weighted by atomic mass is 16.6. The Morgan fingerprint density at radius 1 is 1.21 bits per heavy atom. The van der Waals surface area contributed by atoms with E-state index in [1.54, 1.807) is 40.0 Å². The highest BCUT2D eigenvalue weighted by Gasteiger charge is 2.19. The summed E-state index contributed by atoms with van der Waals surface area (Å²) in [5, 5.41) is 10.6. The molecular formula is C14H18NO4-. The van der Waals surface area contributed by atoms with Crippen LogP contribution in [0.15, 0.2) is 24.3 Å². The lowest BCUT2D eigenvalue weighted by Gasteiger charge is -2.24. The van der Waals surface area contributed by atoms with Gasteiger partial charge in [0.1, 0.15) is 5.60 Å². The third-order valence-corrected chi connectivity index (χ3v) is 2.31. The van der Waals surface area contributed by atoms with Crippen molar-refractivity contribution in [3.63, 3.8) is 0 Å². The molecule has 1 aromatic rings. The number of carboxylic acid groups (broad SMARTS) is 1. The van der Waals surface area contributed by atoms with E-state index in [1.807, 2.05) is 0 Å². The largest absolute Gasteiger partial charge is 0.545 e. The molecule has 0 N–H and O–H groups in total. The number of benzene rings is 1. The summed E-state index contributed by atoms with van der Waals surface area (Å²) in [5.41, 5.74) is 0.395. The van der Waals surface area contributed by atoms with E-state index in [9.17, 15) is 14.7 Å². The molecule has 0 aromatic heterocycles. The number of carbonyl (C=O) groups excluding carboxylic acids is 2. The zero-order valence-corrected chi connectivity index (χ0v) is 11.6. The van der Waals surface area contributed by atoms with Gasteiger partial charge in [0.05, 0.1) is 5.97 Å². The average Bonchev–Trinajstić information content (AvgIpc) is 2.27. The molecule has 0 aliphatic rings. The fourth-order valence-electron chi connectivity index (χ4n) is 1.42. The van der Waals surface area contributed by atoms with Gasteiger partial charge in [0.15, 0.2) is 0 Å². The summed E-state index contributed by atoms with van der Waals surface area (Å²) in [6.07, 6.45) is -0.420. The topological polar surface area (TPSA) is 69.7 Å². The molecule has 0 fully saturated rings. The summed E-state index contributed by atoms with van der Waals surface area (Å²) in [6, 6.07) is 6.19. The average molecular weight is 264 g/mol. The van der Waals surface area contributed by atoms with Crippen molar-refractivity contribution in [2.45, 2.75) is 32.9 Å². The lowest BCUT2D eigenvalue weighted by molar-refractivity contribution is -0.255. The zero-order valence-electron chi connectivity index (χ0n) is 11.6. The Bertz CT molecular complexity index is 459. The molecule has 0 radical (unpaired) electrons. The third-order valence-electron chi connectivity index (χ3n) is 2.31. The van der Waals surface area contributed by atoms with E-state index in [2.05, 4.69) is 0 Å². The number of carboxylic acids is 1. The molecular weight excluding hydrogens is 246 g/mol. The van der Waals surface area contributed by atoms with E-state index < -0.39 is 17.7 Å². The van der Waals surface area contributed by atoms with Crippen LogP contribution in [0.5, 0.6) is 0 Å². The van der Waals surface area contributed by atoms with Gasteiger partial charge in [-0.25, -0.2) is 4.79 Å². The van der Waals surface area contributed by atoms with Crippen molar-refractivity contribution >= 4 is 12.1 Å². The van der Waals surface area contributed by atoms with Gasteiger partial charge >= 0.3 is 6.09 Å². The van der Waals surface area contributed by atoms with Crippen LogP contribution in [0.1, 0.15) is 36.7 Å². The Hall–Kier alpha value is -2.04. The predicted octanol–water partition coefficient (Wildman–Crippen LogP) is 1.42. The minimum atomic E-state index is -1.22. The summed E-state index contributed by atoms with van der Waals surface area (Å²) < 4.78 is 5.22. The molecule has 1 aromatic carbocycles. The van der Waals surface area contributed by atoms with Crippen molar-refractivity contribution in [3.05, 3.63) is 35.4 Å². The molecule has 19 heavy (non-hydrogen) atoms. The lowest BCUT2D eigenvalue weighted by Crippen LogP contribution is -2.33. The van der Waals surface area contributed by atoms with Crippen LogP contribution < -0.4 is 5.11 Å². The Labute approximate surface area is 112 Å². The van der Waals surface area contributed by atoms with Crippen molar-refractivity contribution in [1.29, 1.82) is 0 Å². The van der Waals surface area contributed by atoms with E-state index in [1.165, 1.54) is 17.0 Å². The van der Waals surface area contributed by atoms with Gasteiger partial charge in [0.25, 0.3) is 0 Å². The quantitative estimate of drug-likeness (QED) is 0.827. The van der Waals surface area contributed by atoms with E-state index in [-0.39, 0.29) is 5.56 Å². The summed E-state index contributed by atoms with van der Waals surface area (Å²) >= 11 is 0. The molecule has 0 spiro atoms. The molecule has 5 nitrogen and oxygen atoms in total. The molecule has 0 aliphatic heterocycles. The first-order valence-corrected chi connectivity index (χ1v) is 5.93. The minimum absolute atomic E-state index is 0.115. The number of hydrogen-bond donors (Lipinski definition) is 0. The van der Waals surface area contributed by atoms with Crippen molar-refractivity contribution in [3.8, 4) is 0 Å². The summed E-state index contributed by atoms with van der Waals surface area (Å²) in [4.78, 5) is 23.8.